The molecule has 0 saturated heterocycles. The van der Waals surface area contributed by atoms with Gasteiger partial charge in [-0.15, -0.1) is 0 Å². The minimum absolute atomic E-state index is 0.00995. The van der Waals surface area contributed by atoms with Crippen molar-refractivity contribution in [2.45, 2.75) is 18.8 Å². The molecule has 0 aliphatic heterocycles. The fourth-order valence-corrected chi connectivity index (χ4v) is 2.76. The van der Waals surface area contributed by atoms with Crippen LogP contribution in [0.3, 0.4) is 0 Å². The maximum absolute atomic E-state index is 12.5. The number of furan rings is 1. The van der Waals surface area contributed by atoms with Crippen LogP contribution in [0.2, 0.25) is 0 Å². The Labute approximate surface area is 110 Å². The maximum atomic E-state index is 12.5. The molecule has 0 bridgehead atoms. The first-order chi connectivity index (χ1) is 9.13. The van der Waals surface area contributed by atoms with Gasteiger partial charge in [0.2, 0.25) is 0 Å². The second kappa shape index (κ2) is 4.16. The molecule has 1 aromatic carbocycles. The molecular formula is C15H14O4. The molecule has 0 fully saturated rings. The molecule has 1 aliphatic carbocycles. The van der Waals surface area contributed by atoms with E-state index in [1.54, 1.807) is 24.5 Å². The van der Waals surface area contributed by atoms with Gasteiger partial charge in [-0.2, -0.15) is 0 Å². The number of rotatable bonds is 2. The van der Waals surface area contributed by atoms with Crippen molar-refractivity contribution in [2.75, 3.05) is 7.11 Å². The van der Waals surface area contributed by atoms with E-state index >= 15 is 0 Å². The Hall–Kier alpha value is -2.23. The van der Waals surface area contributed by atoms with Gasteiger partial charge in [0, 0.05) is 5.56 Å². The molecular weight excluding hydrogens is 244 g/mol. The van der Waals surface area contributed by atoms with Crippen LogP contribution >= 0.6 is 0 Å². The van der Waals surface area contributed by atoms with Gasteiger partial charge in [-0.1, -0.05) is 6.92 Å². The van der Waals surface area contributed by atoms with Crippen LogP contribution in [0.4, 0.5) is 0 Å². The van der Waals surface area contributed by atoms with Crippen LogP contribution in [0.1, 0.15) is 40.4 Å². The largest absolute Gasteiger partial charge is 0.504 e. The minimum atomic E-state index is -0.323. The topological polar surface area (TPSA) is 59.7 Å². The van der Waals surface area contributed by atoms with Crippen LogP contribution in [-0.2, 0) is 0 Å². The second-order valence-corrected chi connectivity index (χ2v) is 4.76. The molecule has 4 nitrogen and oxygen atoms in total. The van der Waals surface area contributed by atoms with Crippen molar-refractivity contribution in [3.8, 4) is 11.5 Å². The Kier molecular flexibility index (Phi) is 2.59. The van der Waals surface area contributed by atoms with Crippen molar-refractivity contribution < 1.29 is 19.1 Å². The number of Topliss-reactive ketones (excluding diaryl/α,β-unsaturated/α-hetero) is 1. The summed E-state index contributed by atoms with van der Waals surface area (Å²) in [6.45, 7) is 1.96. The van der Waals surface area contributed by atoms with Gasteiger partial charge in [-0.05, 0) is 35.7 Å². The van der Waals surface area contributed by atoms with Gasteiger partial charge >= 0.3 is 0 Å². The molecule has 1 N–H and O–H groups in total. The highest BCUT2D eigenvalue weighted by atomic mass is 16.5. The van der Waals surface area contributed by atoms with E-state index in [1.807, 2.05) is 13.0 Å². The van der Waals surface area contributed by atoms with Crippen LogP contribution in [-0.4, -0.2) is 18.0 Å². The van der Waals surface area contributed by atoms with E-state index in [0.29, 0.717) is 17.1 Å². The lowest BCUT2D eigenvalue weighted by atomic mass is 9.92. The SMILES string of the molecule is COc1cc2c(cc1O)C(C)C(c1ccco1)C2=O. The van der Waals surface area contributed by atoms with Gasteiger partial charge < -0.3 is 14.3 Å². The van der Waals surface area contributed by atoms with Crippen molar-refractivity contribution in [1.82, 2.24) is 0 Å². The van der Waals surface area contributed by atoms with Crippen molar-refractivity contribution in [2.24, 2.45) is 0 Å². The number of hydrogen-bond acceptors (Lipinski definition) is 4. The van der Waals surface area contributed by atoms with Gasteiger partial charge in [0.25, 0.3) is 0 Å². The lowest BCUT2D eigenvalue weighted by Gasteiger charge is -2.11. The van der Waals surface area contributed by atoms with E-state index in [-0.39, 0.29) is 23.4 Å². The molecule has 0 saturated carbocycles. The zero-order valence-electron chi connectivity index (χ0n) is 10.7. The van der Waals surface area contributed by atoms with E-state index in [2.05, 4.69) is 0 Å². The normalized spacial score (nSPS) is 21.5. The highest BCUT2D eigenvalue weighted by molar-refractivity contribution is 6.06. The molecule has 98 valence electrons. The number of carbonyl (C=O) groups is 1. The molecule has 1 aliphatic rings. The third-order valence-corrected chi connectivity index (χ3v) is 3.74. The molecule has 1 aromatic heterocycles. The zero-order chi connectivity index (χ0) is 13.6. The summed E-state index contributed by atoms with van der Waals surface area (Å²) in [4.78, 5) is 12.5. The lowest BCUT2D eigenvalue weighted by Crippen LogP contribution is -2.08. The van der Waals surface area contributed by atoms with Crippen molar-refractivity contribution >= 4 is 5.78 Å². The van der Waals surface area contributed by atoms with Gasteiger partial charge in [-0.25, -0.2) is 0 Å². The van der Waals surface area contributed by atoms with Gasteiger partial charge in [-0.3, -0.25) is 4.79 Å². The van der Waals surface area contributed by atoms with Crippen LogP contribution in [0.15, 0.2) is 34.9 Å². The molecule has 19 heavy (non-hydrogen) atoms. The Bertz CT molecular complexity index is 628. The molecule has 3 rings (SSSR count). The first-order valence-electron chi connectivity index (χ1n) is 6.12. The molecule has 2 atom stereocenters. The average Bonchev–Trinajstić information content (AvgIpc) is 2.98. The number of ether oxygens (including phenoxy) is 1. The van der Waals surface area contributed by atoms with E-state index in [1.165, 1.54) is 7.11 Å². The Morgan fingerprint density at radius 1 is 1.37 bits per heavy atom. The number of benzene rings is 1. The third-order valence-electron chi connectivity index (χ3n) is 3.74. The first kappa shape index (κ1) is 11.8. The smallest absolute Gasteiger partial charge is 0.174 e. The number of aromatic hydroxyl groups is 1. The van der Waals surface area contributed by atoms with Crippen LogP contribution in [0.5, 0.6) is 11.5 Å². The number of ketones is 1. The van der Waals surface area contributed by atoms with Gasteiger partial charge in [0.15, 0.2) is 17.3 Å². The summed E-state index contributed by atoms with van der Waals surface area (Å²) >= 11 is 0. The maximum Gasteiger partial charge on any atom is 0.174 e. The van der Waals surface area contributed by atoms with Crippen molar-refractivity contribution in [3.63, 3.8) is 0 Å². The van der Waals surface area contributed by atoms with Crippen LogP contribution in [0, 0.1) is 0 Å². The molecule has 2 unspecified atom stereocenters. The summed E-state index contributed by atoms with van der Waals surface area (Å²) in [6, 6.07) is 6.80. The monoisotopic (exact) mass is 258 g/mol. The number of phenolic OH excluding ortho intramolecular Hbond substituents is 1. The highest BCUT2D eigenvalue weighted by Crippen LogP contribution is 2.46. The lowest BCUT2D eigenvalue weighted by molar-refractivity contribution is 0.0956. The molecule has 4 heteroatoms. The van der Waals surface area contributed by atoms with E-state index in [0.717, 1.165) is 5.56 Å². The molecule has 0 amide bonds. The summed E-state index contributed by atoms with van der Waals surface area (Å²) in [7, 11) is 1.47. The molecule has 1 heterocycles. The average molecular weight is 258 g/mol. The number of fused-ring (bicyclic) bond motifs is 1. The number of methoxy groups -OCH3 is 1. The Morgan fingerprint density at radius 3 is 2.79 bits per heavy atom. The predicted octanol–water partition coefficient (Wildman–Crippen LogP) is 3.08. The highest BCUT2D eigenvalue weighted by Gasteiger charge is 2.40. The summed E-state index contributed by atoms with van der Waals surface area (Å²) in [5.41, 5.74) is 1.44. The molecule has 0 spiro atoms. The van der Waals surface area contributed by atoms with Crippen LogP contribution in [0.25, 0.3) is 0 Å². The van der Waals surface area contributed by atoms with Crippen LogP contribution < -0.4 is 4.74 Å². The van der Waals surface area contributed by atoms with Crippen molar-refractivity contribution in [3.05, 3.63) is 47.4 Å². The van der Waals surface area contributed by atoms with Gasteiger partial charge in [0.05, 0.1) is 19.3 Å². The number of phenols is 1. The summed E-state index contributed by atoms with van der Waals surface area (Å²) < 4.78 is 10.4. The fourth-order valence-electron chi connectivity index (χ4n) is 2.76. The standard InChI is InChI=1S/C15H14O4/c1-8-9-6-11(16)13(18-2)7-10(9)15(17)14(8)12-4-3-5-19-12/h3-8,14,16H,1-2H3. The van der Waals surface area contributed by atoms with E-state index < -0.39 is 0 Å². The second-order valence-electron chi connectivity index (χ2n) is 4.76. The third kappa shape index (κ3) is 1.63. The Morgan fingerprint density at radius 2 is 2.16 bits per heavy atom. The summed E-state index contributed by atoms with van der Waals surface area (Å²) in [5, 5.41) is 9.84. The Balaban J connectivity index is 2.12. The quantitative estimate of drug-likeness (QED) is 0.899. The van der Waals surface area contributed by atoms with E-state index in [4.69, 9.17) is 9.15 Å². The fraction of sp³-hybridized carbons (Fsp3) is 0.267. The summed E-state index contributed by atoms with van der Waals surface area (Å²) in [5.74, 6) is 0.699. The molecule has 2 aromatic rings. The minimum Gasteiger partial charge on any atom is -0.504 e. The van der Waals surface area contributed by atoms with Crippen molar-refractivity contribution in [1.29, 1.82) is 0 Å². The number of hydrogen-bond donors (Lipinski definition) is 1. The van der Waals surface area contributed by atoms with Gasteiger partial charge in [0.1, 0.15) is 5.76 Å². The molecule has 0 radical (unpaired) electrons. The summed E-state index contributed by atoms with van der Waals surface area (Å²) in [6.07, 6.45) is 1.57. The first-order valence-corrected chi connectivity index (χ1v) is 6.12. The van der Waals surface area contributed by atoms with E-state index in [9.17, 15) is 9.90 Å². The zero-order valence-corrected chi connectivity index (χ0v) is 10.7. The number of carbonyl (C=O) groups excluding carboxylic acids is 1. The predicted molar refractivity (Wildman–Crippen MR) is 68.9 cm³/mol.